The molecule has 1 heterocycles. The van der Waals surface area contributed by atoms with Gasteiger partial charge in [-0.05, 0) is 24.1 Å². The summed E-state index contributed by atoms with van der Waals surface area (Å²) in [5.41, 5.74) is 1.31. The molecule has 0 aliphatic rings. The Balaban J connectivity index is 1.84. The maximum Gasteiger partial charge on any atom is 0.220 e. The van der Waals surface area contributed by atoms with E-state index in [1.165, 1.54) is 12.1 Å². The number of nitrogens with zero attached hydrogens (tertiary/aromatic N) is 2. The molecule has 23 heavy (non-hydrogen) atoms. The summed E-state index contributed by atoms with van der Waals surface area (Å²) in [6.07, 6.45) is 5.75. The number of rotatable bonds is 6. The highest BCUT2D eigenvalue weighted by molar-refractivity contribution is 5.76. The van der Waals surface area contributed by atoms with Crippen molar-refractivity contribution in [2.24, 2.45) is 0 Å². The summed E-state index contributed by atoms with van der Waals surface area (Å²) in [5, 5.41) is 21.6. The van der Waals surface area contributed by atoms with Crippen molar-refractivity contribution >= 4 is 5.91 Å². The average molecular weight is 315 g/mol. The van der Waals surface area contributed by atoms with Crippen molar-refractivity contribution in [1.82, 2.24) is 15.3 Å². The number of carbonyl (C=O) groups excluding carboxylic acids is 1. The first kappa shape index (κ1) is 16.7. The molecule has 0 unspecified atom stereocenters. The molecule has 0 bridgehead atoms. The molecule has 1 aromatic carbocycles. The zero-order valence-electron chi connectivity index (χ0n) is 13.3. The molecule has 0 atom stereocenters. The van der Waals surface area contributed by atoms with Crippen LogP contribution < -0.4 is 5.32 Å². The van der Waals surface area contributed by atoms with Crippen LogP contribution in [0.15, 0.2) is 36.8 Å². The number of carbonyl (C=O) groups is 1. The lowest BCUT2D eigenvalue weighted by molar-refractivity contribution is -0.121. The first-order chi connectivity index (χ1) is 10.9. The summed E-state index contributed by atoms with van der Waals surface area (Å²) >= 11 is 0. The number of aromatic nitrogens is 2. The molecule has 2 aromatic rings. The van der Waals surface area contributed by atoms with Crippen LogP contribution in [-0.4, -0.2) is 32.6 Å². The summed E-state index contributed by atoms with van der Waals surface area (Å²) in [7, 11) is 0. The summed E-state index contributed by atoms with van der Waals surface area (Å²) in [6, 6.07) is 4.57. The van der Waals surface area contributed by atoms with E-state index in [2.05, 4.69) is 15.3 Å². The number of hydrogen-bond donors (Lipinski definition) is 3. The average Bonchev–Trinajstić information content (AvgIpc) is 2.55. The molecule has 3 N–H and O–H groups in total. The molecule has 0 aliphatic carbocycles. The van der Waals surface area contributed by atoms with Gasteiger partial charge in [-0.1, -0.05) is 19.9 Å². The van der Waals surface area contributed by atoms with Gasteiger partial charge in [0.1, 0.15) is 0 Å². The number of hydrogen-bond acceptors (Lipinski definition) is 5. The van der Waals surface area contributed by atoms with Crippen LogP contribution in [0.25, 0.3) is 0 Å². The lowest BCUT2D eigenvalue weighted by atomic mass is 9.89. The maximum absolute atomic E-state index is 12.0. The largest absolute Gasteiger partial charge is 0.504 e. The quantitative estimate of drug-likeness (QED) is 0.708. The second-order valence-corrected chi connectivity index (χ2v) is 6.07. The van der Waals surface area contributed by atoms with E-state index in [1.807, 2.05) is 13.8 Å². The number of aromatic hydroxyl groups is 2. The first-order valence-electron chi connectivity index (χ1n) is 7.42. The molecular formula is C17H21N3O3. The molecule has 0 saturated carbocycles. The molecule has 0 fully saturated rings. The van der Waals surface area contributed by atoms with E-state index in [1.54, 1.807) is 24.7 Å². The Morgan fingerprint density at radius 1 is 1.22 bits per heavy atom. The van der Waals surface area contributed by atoms with E-state index in [0.29, 0.717) is 19.4 Å². The third-order valence-corrected chi connectivity index (χ3v) is 3.66. The summed E-state index contributed by atoms with van der Waals surface area (Å²) in [6.45, 7) is 4.45. The van der Waals surface area contributed by atoms with Gasteiger partial charge in [0.25, 0.3) is 0 Å². The van der Waals surface area contributed by atoms with Crippen LogP contribution in [0.3, 0.4) is 0 Å². The van der Waals surface area contributed by atoms with E-state index in [0.717, 1.165) is 11.3 Å². The monoisotopic (exact) mass is 315 g/mol. The van der Waals surface area contributed by atoms with Crippen LogP contribution in [0.4, 0.5) is 0 Å². The van der Waals surface area contributed by atoms with Crippen molar-refractivity contribution in [3.8, 4) is 11.5 Å². The zero-order valence-corrected chi connectivity index (χ0v) is 13.3. The molecule has 0 aliphatic heterocycles. The number of aryl methyl sites for hydroxylation is 1. The number of benzene rings is 1. The van der Waals surface area contributed by atoms with Gasteiger partial charge in [-0.2, -0.15) is 0 Å². The third kappa shape index (κ3) is 4.67. The van der Waals surface area contributed by atoms with Crippen LogP contribution in [0.1, 0.15) is 31.5 Å². The normalized spacial score (nSPS) is 11.2. The maximum atomic E-state index is 12.0. The SMILES string of the molecule is CC(C)(CNC(=O)CCc1ccc(O)c(O)c1)c1cnccn1. The van der Waals surface area contributed by atoms with E-state index >= 15 is 0 Å². The zero-order chi connectivity index (χ0) is 16.9. The Morgan fingerprint density at radius 2 is 2.00 bits per heavy atom. The topological polar surface area (TPSA) is 95.3 Å². The van der Waals surface area contributed by atoms with Gasteiger partial charge in [0, 0.05) is 37.0 Å². The molecule has 1 amide bonds. The van der Waals surface area contributed by atoms with Gasteiger partial charge in [-0.15, -0.1) is 0 Å². The van der Waals surface area contributed by atoms with Crippen LogP contribution in [0.2, 0.25) is 0 Å². The summed E-state index contributed by atoms with van der Waals surface area (Å²) in [4.78, 5) is 20.3. The molecule has 0 spiro atoms. The van der Waals surface area contributed by atoms with Crippen molar-refractivity contribution in [3.05, 3.63) is 48.0 Å². The Morgan fingerprint density at radius 3 is 2.65 bits per heavy atom. The predicted molar refractivity (Wildman–Crippen MR) is 86.2 cm³/mol. The molecular weight excluding hydrogens is 294 g/mol. The smallest absolute Gasteiger partial charge is 0.220 e. The third-order valence-electron chi connectivity index (χ3n) is 3.66. The van der Waals surface area contributed by atoms with Crippen LogP contribution >= 0.6 is 0 Å². The number of phenolic OH excluding ortho intramolecular Hbond substituents is 2. The summed E-state index contributed by atoms with van der Waals surface area (Å²) < 4.78 is 0. The number of nitrogens with one attached hydrogen (secondary N) is 1. The Kier molecular flexibility index (Phi) is 5.16. The van der Waals surface area contributed by atoms with Crippen molar-refractivity contribution in [1.29, 1.82) is 0 Å². The van der Waals surface area contributed by atoms with Crippen molar-refractivity contribution < 1.29 is 15.0 Å². The van der Waals surface area contributed by atoms with Crippen molar-refractivity contribution in [2.45, 2.75) is 32.1 Å². The van der Waals surface area contributed by atoms with Gasteiger partial charge >= 0.3 is 0 Å². The lowest BCUT2D eigenvalue weighted by Gasteiger charge is -2.23. The second kappa shape index (κ2) is 7.09. The highest BCUT2D eigenvalue weighted by Crippen LogP contribution is 2.25. The Bertz CT molecular complexity index is 672. The number of amides is 1. The van der Waals surface area contributed by atoms with Gasteiger partial charge in [-0.25, -0.2) is 0 Å². The Labute approximate surface area is 135 Å². The molecule has 0 saturated heterocycles. The van der Waals surface area contributed by atoms with E-state index in [-0.39, 0.29) is 22.8 Å². The van der Waals surface area contributed by atoms with Gasteiger partial charge in [0.05, 0.1) is 5.69 Å². The van der Waals surface area contributed by atoms with E-state index < -0.39 is 0 Å². The molecule has 2 rings (SSSR count). The van der Waals surface area contributed by atoms with Crippen LogP contribution in [0, 0.1) is 0 Å². The van der Waals surface area contributed by atoms with Crippen molar-refractivity contribution in [2.75, 3.05) is 6.54 Å². The van der Waals surface area contributed by atoms with Gasteiger partial charge < -0.3 is 15.5 Å². The van der Waals surface area contributed by atoms with Crippen LogP contribution in [0.5, 0.6) is 11.5 Å². The van der Waals surface area contributed by atoms with Crippen molar-refractivity contribution in [3.63, 3.8) is 0 Å². The standard InChI is InChI=1S/C17H21N3O3/c1-17(2,15-10-18-7-8-19-15)11-20-16(23)6-4-12-3-5-13(21)14(22)9-12/h3,5,7-10,21-22H,4,6,11H2,1-2H3,(H,20,23). The molecule has 1 aromatic heterocycles. The molecule has 0 radical (unpaired) electrons. The van der Waals surface area contributed by atoms with Gasteiger partial charge in [0.15, 0.2) is 11.5 Å². The highest BCUT2D eigenvalue weighted by Gasteiger charge is 2.23. The van der Waals surface area contributed by atoms with Crippen LogP contribution in [-0.2, 0) is 16.6 Å². The first-order valence-corrected chi connectivity index (χ1v) is 7.42. The van der Waals surface area contributed by atoms with Gasteiger partial charge in [0.2, 0.25) is 5.91 Å². The summed E-state index contributed by atoms with van der Waals surface area (Å²) in [5.74, 6) is -0.412. The molecule has 122 valence electrons. The fourth-order valence-corrected chi connectivity index (χ4v) is 2.13. The van der Waals surface area contributed by atoms with E-state index in [9.17, 15) is 15.0 Å². The minimum atomic E-state index is -0.305. The second-order valence-electron chi connectivity index (χ2n) is 6.07. The Hall–Kier alpha value is -2.63. The molecule has 6 nitrogen and oxygen atoms in total. The minimum absolute atomic E-state index is 0.0745. The number of phenols is 2. The fourth-order valence-electron chi connectivity index (χ4n) is 2.13. The highest BCUT2D eigenvalue weighted by atomic mass is 16.3. The fraction of sp³-hybridized carbons (Fsp3) is 0.353. The van der Waals surface area contributed by atoms with E-state index in [4.69, 9.17) is 0 Å². The minimum Gasteiger partial charge on any atom is -0.504 e. The van der Waals surface area contributed by atoms with Gasteiger partial charge in [-0.3, -0.25) is 14.8 Å². The molecule has 6 heteroatoms. The lowest BCUT2D eigenvalue weighted by Crippen LogP contribution is -2.37. The predicted octanol–water partition coefficient (Wildman–Crippen LogP) is 1.91.